The van der Waals surface area contributed by atoms with Crippen LogP contribution < -0.4 is 0 Å². The van der Waals surface area contributed by atoms with Gasteiger partial charge in [-0.2, -0.15) is 0 Å². The topological polar surface area (TPSA) is 42.3 Å². The molecule has 0 aliphatic carbocycles. The SMILES string of the molecule is O=C=Nc1ncc(Cl)s1. The summed E-state index contributed by atoms with van der Waals surface area (Å²) in [6, 6.07) is 0. The lowest BCUT2D eigenvalue weighted by Gasteiger charge is -1.68. The third-order valence-corrected chi connectivity index (χ3v) is 1.62. The molecule has 3 nitrogen and oxygen atoms in total. The molecular formula is C4HClN2OS. The zero-order valence-corrected chi connectivity index (χ0v) is 5.74. The van der Waals surface area contributed by atoms with Crippen LogP contribution in [0.1, 0.15) is 0 Å². The fraction of sp³-hybridized carbons (Fsp3) is 0. The van der Waals surface area contributed by atoms with Crippen molar-refractivity contribution < 1.29 is 4.79 Å². The van der Waals surface area contributed by atoms with Crippen molar-refractivity contribution in [3.8, 4) is 0 Å². The molecule has 1 heterocycles. The van der Waals surface area contributed by atoms with Gasteiger partial charge in [0, 0.05) is 0 Å². The van der Waals surface area contributed by atoms with Crippen molar-refractivity contribution >= 4 is 34.1 Å². The summed E-state index contributed by atoms with van der Waals surface area (Å²) in [4.78, 5) is 16.5. The molecule has 0 amide bonds. The number of halogens is 1. The van der Waals surface area contributed by atoms with Crippen molar-refractivity contribution in [1.82, 2.24) is 4.98 Å². The smallest absolute Gasteiger partial charge is 0.225 e. The van der Waals surface area contributed by atoms with E-state index in [0.717, 1.165) is 11.3 Å². The van der Waals surface area contributed by atoms with E-state index in [4.69, 9.17) is 11.6 Å². The van der Waals surface area contributed by atoms with Gasteiger partial charge in [0.2, 0.25) is 11.2 Å². The molecule has 1 aromatic heterocycles. The molecule has 0 saturated carbocycles. The van der Waals surface area contributed by atoms with E-state index in [0.29, 0.717) is 9.47 Å². The molecule has 1 rings (SSSR count). The molecule has 0 aliphatic rings. The Hall–Kier alpha value is -0.700. The molecule has 0 saturated heterocycles. The second kappa shape index (κ2) is 2.73. The Morgan fingerprint density at radius 3 is 3.11 bits per heavy atom. The van der Waals surface area contributed by atoms with Gasteiger partial charge >= 0.3 is 0 Å². The molecule has 0 unspecified atom stereocenters. The number of hydrogen-bond donors (Lipinski definition) is 0. The highest BCUT2D eigenvalue weighted by molar-refractivity contribution is 7.19. The normalized spacial score (nSPS) is 8.56. The van der Waals surface area contributed by atoms with Crippen LogP contribution in [-0.4, -0.2) is 11.1 Å². The number of rotatable bonds is 1. The Morgan fingerprint density at radius 2 is 2.67 bits per heavy atom. The Labute approximate surface area is 60.0 Å². The van der Waals surface area contributed by atoms with Crippen LogP contribution in [-0.2, 0) is 4.79 Å². The molecule has 0 bridgehead atoms. The van der Waals surface area contributed by atoms with Gasteiger partial charge in [-0.3, -0.25) is 0 Å². The molecule has 0 aliphatic heterocycles. The highest BCUT2D eigenvalue weighted by Gasteiger charge is 1.94. The van der Waals surface area contributed by atoms with Gasteiger partial charge in [-0.05, 0) is 0 Å². The molecule has 0 fully saturated rings. The summed E-state index contributed by atoms with van der Waals surface area (Å²) in [5.74, 6) is 0. The maximum atomic E-state index is 9.62. The van der Waals surface area contributed by atoms with Crippen molar-refractivity contribution in [3.05, 3.63) is 10.5 Å². The zero-order valence-electron chi connectivity index (χ0n) is 4.17. The molecule has 0 radical (unpaired) electrons. The molecule has 9 heavy (non-hydrogen) atoms. The van der Waals surface area contributed by atoms with E-state index in [1.807, 2.05) is 0 Å². The fourth-order valence-electron chi connectivity index (χ4n) is 0.337. The van der Waals surface area contributed by atoms with Crippen molar-refractivity contribution in [3.63, 3.8) is 0 Å². The van der Waals surface area contributed by atoms with Crippen LogP contribution in [0.4, 0.5) is 5.13 Å². The predicted octanol–water partition coefficient (Wildman–Crippen LogP) is 1.76. The third kappa shape index (κ3) is 1.61. The first-order valence-corrected chi connectivity index (χ1v) is 3.21. The molecule has 0 atom stereocenters. The van der Waals surface area contributed by atoms with Gasteiger partial charge in [0.25, 0.3) is 0 Å². The van der Waals surface area contributed by atoms with Gasteiger partial charge in [0.15, 0.2) is 0 Å². The monoisotopic (exact) mass is 160 g/mol. The van der Waals surface area contributed by atoms with Gasteiger partial charge in [0.05, 0.1) is 6.20 Å². The number of nitrogens with zero attached hydrogens (tertiary/aromatic N) is 2. The molecule has 0 spiro atoms. The van der Waals surface area contributed by atoms with Crippen LogP contribution in [0.2, 0.25) is 4.34 Å². The molecule has 0 N–H and O–H groups in total. The highest BCUT2D eigenvalue weighted by Crippen LogP contribution is 2.24. The average Bonchev–Trinajstić information content (AvgIpc) is 2.17. The lowest BCUT2D eigenvalue weighted by Crippen LogP contribution is -1.53. The largest absolute Gasteiger partial charge is 0.242 e. The first-order chi connectivity index (χ1) is 4.33. The minimum Gasteiger partial charge on any atom is -0.225 e. The molecule has 5 heteroatoms. The van der Waals surface area contributed by atoms with E-state index < -0.39 is 0 Å². The Morgan fingerprint density at radius 1 is 1.89 bits per heavy atom. The summed E-state index contributed by atoms with van der Waals surface area (Å²) in [5.41, 5.74) is 0. The van der Waals surface area contributed by atoms with Crippen LogP contribution in [0.5, 0.6) is 0 Å². The average molecular weight is 161 g/mol. The van der Waals surface area contributed by atoms with Gasteiger partial charge in [-0.15, -0.1) is 4.99 Å². The summed E-state index contributed by atoms with van der Waals surface area (Å²) in [6.45, 7) is 0. The summed E-state index contributed by atoms with van der Waals surface area (Å²) in [7, 11) is 0. The second-order valence-electron chi connectivity index (χ2n) is 1.15. The van der Waals surface area contributed by atoms with Crippen molar-refractivity contribution in [1.29, 1.82) is 0 Å². The fourth-order valence-corrected chi connectivity index (χ4v) is 1.06. The first-order valence-electron chi connectivity index (χ1n) is 2.02. The minimum atomic E-state index is 0.343. The Balaban J connectivity index is 2.97. The Bertz CT molecular complexity index is 253. The summed E-state index contributed by atoms with van der Waals surface area (Å²) < 4.78 is 0.518. The number of aromatic nitrogens is 1. The molecular weight excluding hydrogens is 160 g/mol. The quantitative estimate of drug-likeness (QED) is 0.464. The van der Waals surface area contributed by atoms with E-state index in [2.05, 4.69) is 9.98 Å². The number of thiazole rings is 1. The van der Waals surface area contributed by atoms with Crippen LogP contribution in [0.25, 0.3) is 0 Å². The molecule has 1 aromatic rings. The highest BCUT2D eigenvalue weighted by atomic mass is 35.5. The third-order valence-electron chi connectivity index (χ3n) is 0.607. The maximum absolute atomic E-state index is 9.62. The van der Waals surface area contributed by atoms with Gasteiger partial charge in [-0.1, -0.05) is 22.9 Å². The maximum Gasteiger partial charge on any atom is 0.242 e. The summed E-state index contributed by atoms with van der Waals surface area (Å²) >= 11 is 6.60. The van der Waals surface area contributed by atoms with Crippen molar-refractivity contribution in [2.75, 3.05) is 0 Å². The van der Waals surface area contributed by atoms with Gasteiger partial charge in [0.1, 0.15) is 4.34 Å². The van der Waals surface area contributed by atoms with Crippen LogP contribution in [0.3, 0.4) is 0 Å². The lowest BCUT2D eigenvalue weighted by molar-refractivity contribution is 0.565. The second-order valence-corrected chi connectivity index (χ2v) is 2.79. The number of hydrogen-bond acceptors (Lipinski definition) is 4. The van der Waals surface area contributed by atoms with E-state index in [1.165, 1.54) is 12.3 Å². The zero-order chi connectivity index (χ0) is 6.69. The van der Waals surface area contributed by atoms with E-state index in [1.54, 1.807) is 0 Å². The van der Waals surface area contributed by atoms with Crippen LogP contribution in [0.15, 0.2) is 11.2 Å². The molecule has 46 valence electrons. The van der Waals surface area contributed by atoms with E-state index >= 15 is 0 Å². The van der Waals surface area contributed by atoms with Crippen LogP contribution >= 0.6 is 22.9 Å². The molecule has 0 aromatic carbocycles. The summed E-state index contributed by atoms with van der Waals surface area (Å²) in [5, 5.41) is 0.343. The number of isocyanates is 1. The van der Waals surface area contributed by atoms with Gasteiger partial charge in [-0.25, -0.2) is 9.78 Å². The Kier molecular flexibility index (Phi) is 1.95. The van der Waals surface area contributed by atoms with Crippen molar-refractivity contribution in [2.45, 2.75) is 0 Å². The number of carbonyl (C=O) groups excluding carboxylic acids is 1. The summed E-state index contributed by atoms with van der Waals surface area (Å²) in [6.07, 6.45) is 2.79. The standard InChI is InChI=1S/C4HClN2OS/c5-3-1-6-4(9-3)7-2-8/h1H. The van der Waals surface area contributed by atoms with E-state index in [9.17, 15) is 4.79 Å². The van der Waals surface area contributed by atoms with Gasteiger partial charge < -0.3 is 0 Å². The van der Waals surface area contributed by atoms with Crippen LogP contribution in [0, 0.1) is 0 Å². The van der Waals surface area contributed by atoms with Crippen molar-refractivity contribution in [2.24, 2.45) is 4.99 Å². The lowest BCUT2D eigenvalue weighted by atomic mass is 11.0. The minimum absolute atomic E-state index is 0.343. The first kappa shape index (κ1) is 6.42. The number of aliphatic imine (C=N–C) groups is 1. The van der Waals surface area contributed by atoms with E-state index in [-0.39, 0.29) is 0 Å². The predicted molar refractivity (Wildman–Crippen MR) is 34.9 cm³/mol.